The van der Waals surface area contributed by atoms with Crippen LogP contribution >= 0.6 is 0 Å². The minimum absolute atomic E-state index is 0.146. The second-order valence-corrected chi connectivity index (χ2v) is 6.61. The number of aromatic nitrogens is 5. The molecule has 2 aromatic heterocycles. The molecule has 2 heterocycles. The minimum Gasteiger partial charge on any atom is -0.373 e. The van der Waals surface area contributed by atoms with Crippen molar-refractivity contribution in [2.75, 3.05) is 18.5 Å². The van der Waals surface area contributed by atoms with E-state index in [2.05, 4.69) is 27.4 Å². The number of benzene rings is 1. The minimum atomic E-state index is -0.146. The van der Waals surface area contributed by atoms with Gasteiger partial charge in [-0.2, -0.15) is 5.10 Å². The molecular formula is C19H24N6O. The molecular weight excluding hydrogens is 328 g/mol. The molecule has 0 radical (unpaired) electrons. The Morgan fingerprint density at radius 2 is 1.96 bits per heavy atom. The smallest absolute Gasteiger partial charge is 0.269 e. The molecule has 0 unspecified atom stereocenters. The summed E-state index contributed by atoms with van der Waals surface area (Å²) in [6.45, 7) is 5.23. The monoisotopic (exact) mass is 352 g/mol. The number of hydrogen-bond acceptors (Lipinski definition) is 5. The van der Waals surface area contributed by atoms with Crippen LogP contribution in [0.25, 0.3) is 0 Å². The summed E-state index contributed by atoms with van der Waals surface area (Å²) in [7, 11) is 1.97. The lowest BCUT2D eigenvalue weighted by Gasteiger charge is -2.19. The van der Waals surface area contributed by atoms with Gasteiger partial charge in [-0.15, -0.1) is 10.2 Å². The van der Waals surface area contributed by atoms with Crippen LogP contribution in [-0.2, 0) is 13.0 Å². The first-order chi connectivity index (χ1) is 12.5. The first-order valence-electron chi connectivity index (χ1n) is 8.75. The Balaban J connectivity index is 1.69. The van der Waals surface area contributed by atoms with E-state index in [9.17, 15) is 4.79 Å². The molecule has 26 heavy (non-hydrogen) atoms. The second-order valence-electron chi connectivity index (χ2n) is 6.61. The van der Waals surface area contributed by atoms with Gasteiger partial charge in [0.25, 0.3) is 5.56 Å². The van der Waals surface area contributed by atoms with Crippen LogP contribution in [0.1, 0.15) is 31.3 Å². The van der Waals surface area contributed by atoms with E-state index in [1.807, 2.05) is 48.6 Å². The van der Waals surface area contributed by atoms with Crippen LogP contribution in [0.15, 0.2) is 53.7 Å². The van der Waals surface area contributed by atoms with E-state index in [-0.39, 0.29) is 11.6 Å². The number of rotatable bonds is 7. The van der Waals surface area contributed by atoms with Gasteiger partial charge in [-0.3, -0.25) is 4.79 Å². The molecule has 0 aliphatic heterocycles. The molecule has 3 aromatic rings. The lowest BCUT2D eigenvalue weighted by Crippen LogP contribution is -2.28. The third kappa shape index (κ3) is 4.17. The highest BCUT2D eigenvalue weighted by atomic mass is 16.1. The molecule has 0 aliphatic rings. The van der Waals surface area contributed by atoms with Crippen molar-refractivity contribution in [2.45, 2.75) is 32.9 Å². The standard InChI is InChI=1S/C19H24N6O/c1-15(2)24-14-20-22-18(24)13-25-19(26)11-17(12-21-25)23(3)10-9-16-7-5-4-6-8-16/h4-8,11-12,14-15H,9-10,13H2,1-3H3. The molecule has 0 amide bonds. The second kappa shape index (κ2) is 7.95. The van der Waals surface area contributed by atoms with Crippen LogP contribution < -0.4 is 10.5 Å². The summed E-state index contributed by atoms with van der Waals surface area (Å²) in [6, 6.07) is 12.1. The van der Waals surface area contributed by atoms with Gasteiger partial charge in [-0.25, -0.2) is 4.68 Å². The van der Waals surface area contributed by atoms with Crippen molar-refractivity contribution < 1.29 is 0 Å². The Labute approximate surface area is 152 Å². The Kier molecular flexibility index (Phi) is 5.46. The number of nitrogens with zero attached hydrogens (tertiary/aromatic N) is 6. The van der Waals surface area contributed by atoms with Gasteiger partial charge in [0.05, 0.1) is 11.9 Å². The highest BCUT2D eigenvalue weighted by Gasteiger charge is 2.11. The van der Waals surface area contributed by atoms with Crippen molar-refractivity contribution in [1.82, 2.24) is 24.5 Å². The number of anilines is 1. The topological polar surface area (TPSA) is 68.8 Å². The SMILES string of the molecule is CC(C)n1cnnc1Cn1ncc(N(C)CCc2ccccc2)cc1=O. The highest BCUT2D eigenvalue weighted by molar-refractivity contribution is 5.42. The van der Waals surface area contributed by atoms with Gasteiger partial charge in [0, 0.05) is 25.7 Å². The van der Waals surface area contributed by atoms with Crippen LogP contribution in [0.3, 0.4) is 0 Å². The summed E-state index contributed by atoms with van der Waals surface area (Å²) < 4.78 is 3.35. The molecule has 0 saturated carbocycles. The number of likely N-dealkylation sites (N-methyl/N-ethyl adjacent to an activating group) is 1. The molecule has 7 nitrogen and oxygen atoms in total. The number of hydrogen-bond donors (Lipinski definition) is 0. The van der Waals surface area contributed by atoms with Gasteiger partial charge in [-0.1, -0.05) is 30.3 Å². The van der Waals surface area contributed by atoms with Gasteiger partial charge in [0.2, 0.25) is 0 Å². The quantitative estimate of drug-likeness (QED) is 0.652. The first-order valence-corrected chi connectivity index (χ1v) is 8.75. The summed E-state index contributed by atoms with van der Waals surface area (Å²) in [5.41, 5.74) is 1.94. The Hall–Kier alpha value is -2.96. The normalized spacial score (nSPS) is 11.1. The zero-order valence-electron chi connectivity index (χ0n) is 15.4. The summed E-state index contributed by atoms with van der Waals surface area (Å²) in [5.74, 6) is 0.722. The predicted octanol–water partition coefficient (Wildman–Crippen LogP) is 2.14. The van der Waals surface area contributed by atoms with Gasteiger partial charge in [0.15, 0.2) is 5.82 Å². The Morgan fingerprint density at radius 1 is 1.19 bits per heavy atom. The van der Waals surface area contributed by atoms with E-state index in [1.165, 1.54) is 10.2 Å². The molecule has 7 heteroatoms. The summed E-state index contributed by atoms with van der Waals surface area (Å²) >= 11 is 0. The van der Waals surface area contributed by atoms with Crippen LogP contribution in [0.5, 0.6) is 0 Å². The first kappa shape index (κ1) is 17.8. The zero-order chi connectivity index (χ0) is 18.5. The molecule has 0 atom stereocenters. The van der Waals surface area contributed by atoms with Crippen molar-refractivity contribution in [2.24, 2.45) is 0 Å². The maximum Gasteiger partial charge on any atom is 0.269 e. The van der Waals surface area contributed by atoms with E-state index in [0.717, 1.165) is 24.5 Å². The van der Waals surface area contributed by atoms with Crippen LogP contribution in [0.2, 0.25) is 0 Å². The summed E-state index contributed by atoms with van der Waals surface area (Å²) in [5, 5.41) is 12.3. The fourth-order valence-corrected chi connectivity index (χ4v) is 2.77. The molecule has 136 valence electrons. The predicted molar refractivity (Wildman–Crippen MR) is 101 cm³/mol. The molecule has 1 aromatic carbocycles. The Morgan fingerprint density at radius 3 is 2.65 bits per heavy atom. The molecule has 0 spiro atoms. The fraction of sp³-hybridized carbons (Fsp3) is 0.368. The van der Waals surface area contributed by atoms with Gasteiger partial charge in [0.1, 0.15) is 12.9 Å². The van der Waals surface area contributed by atoms with Crippen molar-refractivity contribution >= 4 is 5.69 Å². The van der Waals surface area contributed by atoms with E-state index in [4.69, 9.17) is 0 Å². The molecule has 0 fully saturated rings. The lowest BCUT2D eigenvalue weighted by atomic mass is 10.1. The third-order valence-corrected chi connectivity index (χ3v) is 4.37. The van der Waals surface area contributed by atoms with Gasteiger partial charge < -0.3 is 9.47 Å². The zero-order valence-corrected chi connectivity index (χ0v) is 15.4. The van der Waals surface area contributed by atoms with Crippen molar-refractivity contribution in [3.8, 4) is 0 Å². The van der Waals surface area contributed by atoms with Gasteiger partial charge >= 0.3 is 0 Å². The average molecular weight is 352 g/mol. The molecule has 0 N–H and O–H groups in total. The Bertz CT molecular complexity index is 900. The van der Waals surface area contributed by atoms with Crippen LogP contribution in [0, 0.1) is 0 Å². The molecule has 0 aliphatic carbocycles. The maximum atomic E-state index is 12.4. The fourth-order valence-electron chi connectivity index (χ4n) is 2.77. The van der Waals surface area contributed by atoms with E-state index in [1.54, 1.807) is 18.6 Å². The van der Waals surface area contributed by atoms with E-state index >= 15 is 0 Å². The van der Waals surface area contributed by atoms with E-state index in [0.29, 0.717) is 6.54 Å². The average Bonchev–Trinajstić information content (AvgIpc) is 3.11. The summed E-state index contributed by atoms with van der Waals surface area (Å²) in [6.07, 6.45) is 4.32. The molecule has 0 bridgehead atoms. The van der Waals surface area contributed by atoms with Crippen molar-refractivity contribution in [1.29, 1.82) is 0 Å². The summed E-state index contributed by atoms with van der Waals surface area (Å²) in [4.78, 5) is 14.5. The molecule has 3 rings (SSSR count). The molecule has 0 saturated heterocycles. The third-order valence-electron chi connectivity index (χ3n) is 4.37. The maximum absolute atomic E-state index is 12.4. The van der Waals surface area contributed by atoms with Crippen molar-refractivity contribution in [3.63, 3.8) is 0 Å². The van der Waals surface area contributed by atoms with Crippen molar-refractivity contribution in [3.05, 3.63) is 70.7 Å². The highest BCUT2D eigenvalue weighted by Crippen LogP contribution is 2.10. The van der Waals surface area contributed by atoms with Gasteiger partial charge in [-0.05, 0) is 25.8 Å². The van der Waals surface area contributed by atoms with E-state index < -0.39 is 0 Å². The lowest BCUT2D eigenvalue weighted by molar-refractivity contribution is 0.527. The van der Waals surface area contributed by atoms with Crippen LogP contribution in [0.4, 0.5) is 5.69 Å². The largest absolute Gasteiger partial charge is 0.373 e. The van der Waals surface area contributed by atoms with Crippen LogP contribution in [-0.4, -0.2) is 38.1 Å².